The second-order valence-electron chi connectivity index (χ2n) is 2.66. The fourth-order valence-corrected chi connectivity index (χ4v) is 0.688. The molecule has 0 radical (unpaired) electrons. The summed E-state index contributed by atoms with van der Waals surface area (Å²) < 4.78 is 10.3. The van der Waals surface area contributed by atoms with Crippen molar-refractivity contribution in [3.8, 4) is 0 Å². The lowest BCUT2D eigenvalue weighted by atomic mass is 10.2. The number of hydrogen-bond donors (Lipinski definition) is 1. The molecule has 0 aliphatic carbocycles. The van der Waals surface area contributed by atoms with Crippen LogP contribution in [0.3, 0.4) is 0 Å². The van der Waals surface area contributed by atoms with Crippen molar-refractivity contribution in [2.24, 2.45) is 5.73 Å². The molecule has 1 saturated heterocycles. The van der Waals surface area contributed by atoms with E-state index >= 15 is 0 Å². The number of rotatable bonds is 4. The van der Waals surface area contributed by atoms with Crippen molar-refractivity contribution in [2.45, 2.75) is 25.5 Å². The number of nitrogens with two attached hydrogens (primary N) is 1. The van der Waals surface area contributed by atoms with E-state index in [4.69, 9.17) is 15.2 Å². The van der Waals surface area contributed by atoms with Crippen molar-refractivity contribution in [3.05, 3.63) is 0 Å². The van der Waals surface area contributed by atoms with Crippen molar-refractivity contribution in [3.63, 3.8) is 0 Å². The Morgan fingerprint density at radius 3 is 2.80 bits per heavy atom. The van der Waals surface area contributed by atoms with Crippen molar-refractivity contribution >= 4 is 0 Å². The average molecular weight is 145 g/mol. The van der Waals surface area contributed by atoms with Gasteiger partial charge in [-0.1, -0.05) is 6.92 Å². The van der Waals surface area contributed by atoms with E-state index in [-0.39, 0.29) is 6.04 Å². The molecule has 0 aromatic heterocycles. The zero-order valence-corrected chi connectivity index (χ0v) is 6.38. The van der Waals surface area contributed by atoms with Crippen LogP contribution in [0.2, 0.25) is 0 Å². The summed E-state index contributed by atoms with van der Waals surface area (Å²) in [7, 11) is 0. The van der Waals surface area contributed by atoms with E-state index in [1.165, 1.54) is 0 Å². The van der Waals surface area contributed by atoms with E-state index in [1.807, 2.05) is 0 Å². The zero-order chi connectivity index (χ0) is 7.40. The van der Waals surface area contributed by atoms with Crippen molar-refractivity contribution in [1.29, 1.82) is 0 Å². The Kier molecular flexibility index (Phi) is 3.12. The van der Waals surface area contributed by atoms with Crippen LogP contribution in [-0.4, -0.2) is 32.0 Å². The van der Waals surface area contributed by atoms with Gasteiger partial charge in [-0.05, 0) is 6.42 Å². The third-order valence-corrected chi connectivity index (χ3v) is 1.68. The fourth-order valence-electron chi connectivity index (χ4n) is 0.688. The summed E-state index contributed by atoms with van der Waals surface area (Å²) in [5.74, 6) is 0. The molecular formula is C7H15NO2. The lowest BCUT2D eigenvalue weighted by Gasteiger charge is -2.27. The average Bonchev–Trinajstić information content (AvgIpc) is 1.84. The first-order valence-corrected chi connectivity index (χ1v) is 3.78. The van der Waals surface area contributed by atoms with E-state index in [2.05, 4.69) is 6.92 Å². The number of ether oxygens (including phenoxy) is 2. The molecule has 0 spiro atoms. The minimum Gasteiger partial charge on any atom is -0.376 e. The number of hydrogen-bond acceptors (Lipinski definition) is 3. The van der Waals surface area contributed by atoms with Gasteiger partial charge in [0.1, 0.15) is 6.10 Å². The van der Waals surface area contributed by atoms with E-state index < -0.39 is 0 Å². The molecule has 0 unspecified atom stereocenters. The first-order chi connectivity index (χ1) is 4.83. The predicted octanol–water partition coefficient (Wildman–Crippen LogP) is 0.139. The van der Waals surface area contributed by atoms with E-state index in [0.717, 1.165) is 19.6 Å². The van der Waals surface area contributed by atoms with Crippen LogP contribution < -0.4 is 5.73 Å². The predicted molar refractivity (Wildman–Crippen MR) is 38.8 cm³/mol. The molecule has 1 aliphatic heterocycles. The quantitative estimate of drug-likeness (QED) is 0.612. The van der Waals surface area contributed by atoms with Crippen LogP contribution in [0.15, 0.2) is 0 Å². The zero-order valence-electron chi connectivity index (χ0n) is 6.38. The summed E-state index contributed by atoms with van der Waals surface area (Å²) in [5.41, 5.74) is 5.63. The molecule has 0 aromatic carbocycles. The third kappa shape index (κ3) is 2.25. The Morgan fingerprint density at radius 1 is 1.70 bits per heavy atom. The fraction of sp³-hybridized carbons (Fsp3) is 1.00. The van der Waals surface area contributed by atoms with E-state index in [1.54, 1.807) is 0 Å². The molecule has 1 atom stereocenters. The van der Waals surface area contributed by atoms with Gasteiger partial charge in [0.25, 0.3) is 0 Å². The van der Waals surface area contributed by atoms with Gasteiger partial charge in [-0.2, -0.15) is 0 Å². The maximum Gasteiger partial charge on any atom is 0.104 e. The maximum absolute atomic E-state index is 5.63. The van der Waals surface area contributed by atoms with Gasteiger partial charge in [0.2, 0.25) is 0 Å². The van der Waals surface area contributed by atoms with Gasteiger partial charge in [-0.3, -0.25) is 0 Å². The molecule has 1 fully saturated rings. The van der Waals surface area contributed by atoms with Gasteiger partial charge < -0.3 is 15.2 Å². The van der Waals surface area contributed by atoms with Crippen LogP contribution >= 0.6 is 0 Å². The van der Waals surface area contributed by atoms with Gasteiger partial charge >= 0.3 is 0 Å². The lowest BCUT2D eigenvalue weighted by molar-refractivity contribution is -0.131. The SMILES string of the molecule is CC[C@H](N)COC1COC1. The Labute approximate surface area is 61.5 Å². The second-order valence-corrected chi connectivity index (χ2v) is 2.66. The Morgan fingerprint density at radius 2 is 2.40 bits per heavy atom. The van der Waals surface area contributed by atoms with Crippen molar-refractivity contribution < 1.29 is 9.47 Å². The molecule has 2 N–H and O–H groups in total. The molecule has 1 aliphatic rings. The van der Waals surface area contributed by atoms with Crippen LogP contribution in [0.1, 0.15) is 13.3 Å². The first-order valence-electron chi connectivity index (χ1n) is 3.78. The van der Waals surface area contributed by atoms with E-state index in [9.17, 15) is 0 Å². The molecule has 0 aromatic rings. The van der Waals surface area contributed by atoms with Crippen LogP contribution in [0.5, 0.6) is 0 Å². The lowest BCUT2D eigenvalue weighted by Crippen LogP contribution is -2.39. The highest BCUT2D eigenvalue weighted by molar-refractivity contribution is 4.66. The van der Waals surface area contributed by atoms with Crippen LogP contribution in [-0.2, 0) is 9.47 Å². The van der Waals surface area contributed by atoms with Gasteiger partial charge in [-0.15, -0.1) is 0 Å². The van der Waals surface area contributed by atoms with Crippen LogP contribution in [0.25, 0.3) is 0 Å². The van der Waals surface area contributed by atoms with Gasteiger partial charge in [-0.25, -0.2) is 0 Å². The summed E-state index contributed by atoms with van der Waals surface area (Å²) in [6.45, 7) is 4.22. The first kappa shape index (κ1) is 7.98. The topological polar surface area (TPSA) is 44.5 Å². The Bertz CT molecular complexity index is 88.9. The van der Waals surface area contributed by atoms with Gasteiger partial charge in [0.05, 0.1) is 19.8 Å². The highest BCUT2D eigenvalue weighted by Gasteiger charge is 2.19. The highest BCUT2D eigenvalue weighted by Crippen LogP contribution is 2.05. The van der Waals surface area contributed by atoms with Crippen molar-refractivity contribution in [1.82, 2.24) is 0 Å². The molecule has 1 heterocycles. The van der Waals surface area contributed by atoms with Gasteiger partial charge in [0.15, 0.2) is 0 Å². The monoisotopic (exact) mass is 145 g/mol. The molecule has 3 heteroatoms. The molecule has 1 rings (SSSR count). The minimum absolute atomic E-state index is 0.195. The van der Waals surface area contributed by atoms with Crippen molar-refractivity contribution in [2.75, 3.05) is 19.8 Å². The minimum atomic E-state index is 0.195. The molecule has 60 valence electrons. The van der Waals surface area contributed by atoms with Crippen LogP contribution in [0, 0.1) is 0 Å². The normalized spacial score (nSPS) is 22.2. The second kappa shape index (κ2) is 3.91. The van der Waals surface area contributed by atoms with Crippen LogP contribution in [0.4, 0.5) is 0 Å². The summed E-state index contributed by atoms with van der Waals surface area (Å²) in [6.07, 6.45) is 1.30. The molecule has 10 heavy (non-hydrogen) atoms. The molecular weight excluding hydrogens is 130 g/mol. The molecule has 0 amide bonds. The molecule has 0 saturated carbocycles. The standard InChI is InChI=1S/C7H15NO2/c1-2-6(8)3-10-7-4-9-5-7/h6-7H,2-5,8H2,1H3/t6-/m0/s1. The summed E-state index contributed by atoms with van der Waals surface area (Å²) in [5, 5.41) is 0. The highest BCUT2D eigenvalue weighted by atomic mass is 16.6. The summed E-state index contributed by atoms with van der Waals surface area (Å²) >= 11 is 0. The Balaban J connectivity index is 1.93. The van der Waals surface area contributed by atoms with E-state index in [0.29, 0.717) is 12.7 Å². The molecule has 3 nitrogen and oxygen atoms in total. The Hall–Kier alpha value is -0.120. The third-order valence-electron chi connectivity index (χ3n) is 1.68. The maximum atomic E-state index is 5.63. The van der Waals surface area contributed by atoms with Gasteiger partial charge in [0, 0.05) is 6.04 Å². The molecule has 0 bridgehead atoms. The summed E-state index contributed by atoms with van der Waals surface area (Å²) in [4.78, 5) is 0. The summed E-state index contributed by atoms with van der Waals surface area (Å²) in [6, 6.07) is 0.195. The largest absolute Gasteiger partial charge is 0.376 e. The smallest absolute Gasteiger partial charge is 0.104 e.